The molecule has 0 aliphatic heterocycles. The molecule has 0 saturated heterocycles. The highest BCUT2D eigenvalue weighted by atomic mass is 79.9. The van der Waals surface area contributed by atoms with Crippen molar-refractivity contribution >= 4 is 33.6 Å². The highest BCUT2D eigenvalue weighted by Gasteiger charge is 2.10. The maximum absolute atomic E-state index is 13.2. The van der Waals surface area contributed by atoms with Gasteiger partial charge in [-0.1, -0.05) is 0 Å². The minimum atomic E-state index is -1.00. The summed E-state index contributed by atoms with van der Waals surface area (Å²) in [5, 5.41) is 4.18. The van der Waals surface area contributed by atoms with Crippen molar-refractivity contribution in [1.82, 2.24) is 5.32 Å². The van der Waals surface area contributed by atoms with Gasteiger partial charge in [0.15, 0.2) is 0 Å². The number of nitrogens with two attached hydrogens (primary N) is 1. The minimum Gasteiger partial charge on any atom is -0.374 e. The largest absolute Gasteiger partial charge is 0.374 e. The van der Waals surface area contributed by atoms with Crippen LogP contribution in [0.3, 0.4) is 0 Å². The Labute approximate surface area is 103 Å². The van der Waals surface area contributed by atoms with Gasteiger partial charge in [0.2, 0.25) is 5.91 Å². The first kappa shape index (κ1) is 13.4. The Morgan fingerprint density at radius 2 is 1.94 bits per heavy atom. The molecule has 0 aliphatic carbocycles. The molecule has 17 heavy (non-hydrogen) atoms. The Kier molecular flexibility index (Phi) is 4.38. The number of benzene rings is 1. The van der Waals surface area contributed by atoms with Gasteiger partial charge in [0, 0.05) is 6.07 Å². The molecule has 0 unspecified atom stereocenters. The minimum absolute atomic E-state index is 0.0525. The van der Waals surface area contributed by atoms with Gasteiger partial charge in [0.1, 0.15) is 11.6 Å². The van der Waals surface area contributed by atoms with Crippen molar-refractivity contribution in [1.29, 1.82) is 0 Å². The number of carbonyl (C=O) groups is 2. The van der Waals surface area contributed by atoms with E-state index in [2.05, 4.69) is 21.2 Å². The fraction of sp³-hybridized carbons (Fsp3) is 0.111. The molecule has 1 rings (SSSR count). The lowest BCUT2D eigenvalue weighted by Crippen LogP contribution is -2.38. The number of primary amides is 1. The molecule has 0 heterocycles. The van der Waals surface area contributed by atoms with Crippen LogP contribution in [0.2, 0.25) is 0 Å². The zero-order valence-electron chi connectivity index (χ0n) is 8.39. The molecule has 0 fully saturated rings. The van der Waals surface area contributed by atoms with Crippen molar-refractivity contribution in [3.8, 4) is 0 Å². The predicted molar refractivity (Wildman–Crippen MR) is 60.3 cm³/mol. The summed E-state index contributed by atoms with van der Waals surface area (Å²) in [7, 11) is 0. The Morgan fingerprint density at radius 1 is 1.29 bits per heavy atom. The Hall–Kier alpha value is -1.70. The predicted octanol–water partition coefficient (Wildman–Crippen LogP) is 1.33. The molecular formula is C9H8BrF2N3O2. The van der Waals surface area contributed by atoms with Gasteiger partial charge in [0.05, 0.1) is 16.7 Å². The van der Waals surface area contributed by atoms with Crippen molar-refractivity contribution in [3.05, 3.63) is 28.2 Å². The summed E-state index contributed by atoms with van der Waals surface area (Å²) in [6.45, 7) is -0.363. The summed E-state index contributed by atoms with van der Waals surface area (Å²) in [5.41, 5.74) is 4.63. The number of carbonyl (C=O) groups excluding carboxylic acids is 2. The molecule has 0 bridgehead atoms. The lowest BCUT2D eigenvalue weighted by Gasteiger charge is -2.07. The monoisotopic (exact) mass is 307 g/mol. The lowest BCUT2D eigenvalue weighted by atomic mass is 10.3. The normalized spacial score (nSPS) is 9.82. The molecule has 1 aromatic rings. The van der Waals surface area contributed by atoms with Crippen LogP contribution < -0.4 is 16.4 Å². The average molecular weight is 308 g/mol. The maximum atomic E-state index is 13.2. The van der Waals surface area contributed by atoms with E-state index in [0.29, 0.717) is 6.07 Å². The van der Waals surface area contributed by atoms with E-state index in [1.807, 2.05) is 0 Å². The maximum Gasteiger partial charge on any atom is 0.318 e. The van der Waals surface area contributed by atoms with Crippen LogP contribution in [0.5, 0.6) is 0 Å². The van der Waals surface area contributed by atoms with E-state index in [0.717, 1.165) is 6.07 Å². The van der Waals surface area contributed by atoms with Gasteiger partial charge in [-0.25, -0.2) is 13.6 Å². The number of nitrogens with one attached hydrogen (secondary N) is 2. The van der Waals surface area contributed by atoms with E-state index in [4.69, 9.17) is 5.73 Å². The van der Waals surface area contributed by atoms with Gasteiger partial charge in [0.25, 0.3) is 0 Å². The third-order valence-corrected chi connectivity index (χ3v) is 2.32. The third kappa shape index (κ3) is 3.99. The summed E-state index contributed by atoms with van der Waals surface area (Å²) >= 11 is 2.87. The summed E-state index contributed by atoms with van der Waals surface area (Å²) in [6.07, 6.45) is 0. The summed E-state index contributed by atoms with van der Waals surface area (Å²) < 4.78 is 26.1. The molecule has 92 valence electrons. The van der Waals surface area contributed by atoms with Gasteiger partial charge in [-0.2, -0.15) is 0 Å². The summed E-state index contributed by atoms with van der Waals surface area (Å²) in [5.74, 6) is -2.33. The van der Waals surface area contributed by atoms with E-state index in [1.165, 1.54) is 0 Å². The topological polar surface area (TPSA) is 84.2 Å². The zero-order chi connectivity index (χ0) is 13.0. The fourth-order valence-corrected chi connectivity index (χ4v) is 1.36. The van der Waals surface area contributed by atoms with Crippen molar-refractivity contribution in [2.45, 2.75) is 0 Å². The Balaban J connectivity index is 2.66. The Bertz CT molecular complexity index is 468. The molecule has 5 nitrogen and oxygen atoms in total. The van der Waals surface area contributed by atoms with Gasteiger partial charge in [-0.3, -0.25) is 10.1 Å². The molecule has 0 saturated carbocycles. The quantitative estimate of drug-likeness (QED) is 0.737. The van der Waals surface area contributed by atoms with Crippen LogP contribution in [0.15, 0.2) is 16.6 Å². The number of halogens is 3. The molecule has 0 aromatic heterocycles. The number of amides is 3. The van der Waals surface area contributed by atoms with Crippen LogP contribution in [0, 0.1) is 11.6 Å². The fourth-order valence-electron chi connectivity index (χ4n) is 1.02. The van der Waals surface area contributed by atoms with Gasteiger partial charge >= 0.3 is 6.03 Å². The van der Waals surface area contributed by atoms with Crippen molar-refractivity contribution in [3.63, 3.8) is 0 Å². The molecule has 3 amide bonds. The van der Waals surface area contributed by atoms with Gasteiger partial charge in [-0.05, 0) is 22.0 Å². The van der Waals surface area contributed by atoms with Crippen LogP contribution in [-0.4, -0.2) is 18.5 Å². The standard InChI is InChI=1S/C9H8BrF2N3O2/c10-4-1-7(6(12)2-5(4)11)14-3-8(16)15-9(13)17/h1-2,14H,3H2,(H3,13,15,16,17). The molecule has 0 atom stereocenters. The molecule has 8 heteroatoms. The van der Waals surface area contributed by atoms with E-state index >= 15 is 0 Å². The van der Waals surface area contributed by atoms with Gasteiger partial charge in [-0.15, -0.1) is 0 Å². The molecular weight excluding hydrogens is 300 g/mol. The number of urea groups is 1. The highest BCUT2D eigenvalue weighted by molar-refractivity contribution is 9.10. The van der Waals surface area contributed by atoms with Crippen LogP contribution in [-0.2, 0) is 4.79 Å². The van der Waals surface area contributed by atoms with Crippen molar-refractivity contribution in [2.24, 2.45) is 5.73 Å². The summed E-state index contributed by atoms with van der Waals surface area (Å²) in [6, 6.07) is 0.804. The van der Waals surface area contributed by atoms with Crippen LogP contribution in [0.1, 0.15) is 0 Å². The molecule has 4 N–H and O–H groups in total. The second kappa shape index (κ2) is 5.58. The number of rotatable bonds is 3. The Morgan fingerprint density at radius 3 is 2.53 bits per heavy atom. The molecule has 0 spiro atoms. The first-order valence-electron chi connectivity index (χ1n) is 4.38. The van der Waals surface area contributed by atoms with Crippen LogP contribution in [0.25, 0.3) is 0 Å². The van der Waals surface area contributed by atoms with E-state index in [-0.39, 0.29) is 16.7 Å². The van der Waals surface area contributed by atoms with Crippen LogP contribution in [0.4, 0.5) is 19.3 Å². The molecule has 0 aliphatic rings. The van der Waals surface area contributed by atoms with E-state index in [9.17, 15) is 18.4 Å². The number of hydrogen-bond acceptors (Lipinski definition) is 3. The number of hydrogen-bond donors (Lipinski definition) is 3. The highest BCUT2D eigenvalue weighted by Crippen LogP contribution is 2.23. The second-order valence-electron chi connectivity index (χ2n) is 3.01. The second-order valence-corrected chi connectivity index (χ2v) is 3.87. The van der Waals surface area contributed by atoms with E-state index in [1.54, 1.807) is 5.32 Å². The average Bonchev–Trinajstić information content (AvgIpc) is 2.20. The van der Waals surface area contributed by atoms with Crippen LogP contribution >= 0.6 is 15.9 Å². The SMILES string of the molecule is NC(=O)NC(=O)CNc1cc(Br)c(F)cc1F. The van der Waals surface area contributed by atoms with Gasteiger partial charge < -0.3 is 11.1 Å². The number of anilines is 1. The first-order valence-corrected chi connectivity index (χ1v) is 5.17. The van der Waals surface area contributed by atoms with Crippen molar-refractivity contribution in [2.75, 3.05) is 11.9 Å². The molecule has 0 radical (unpaired) electrons. The van der Waals surface area contributed by atoms with E-state index < -0.39 is 23.6 Å². The zero-order valence-corrected chi connectivity index (χ0v) is 9.98. The smallest absolute Gasteiger partial charge is 0.318 e. The number of imide groups is 1. The van der Waals surface area contributed by atoms with Crippen molar-refractivity contribution < 1.29 is 18.4 Å². The first-order chi connectivity index (χ1) is 7.90. The third-order valence-electron chi connectivity index (χ3n) is 1.71. The lowest BCUT2D eigenvalue weighted by molar-refractivity contribution is -0.118. The molecule has 1 aromatic carbocycles. The summed E-state index contributed by atoms with van der Waals surface area (Å²) in [4.78, 5) is 21.3.